The van der Waals surface area contributed by atoms with Crippen LogP contribution in [-0.2, 0) is 11.3 Å². The molecule has 0 saturated carbocycles. The zero-order valence-corrected chi connectivity index (χ0v) is 10.6. The molecule has 0 radical (unpaired) electrons. The van der Waals surface area contributed by atoms with Crippen molar-refractivity contribution >= 4 is 5.91 Å². The van der Waals surface area contributed by atoms with Crippen molar-refractivity contribution in [2.75, 3.05) is 6.61 Å². The number of hydroxylamine groups is 1. The Morgan fingerprint density at radius 1 is 1.26 bits per heavy atom. The molecule has 0 atom stereocenters. The molecule has 0 aromatic heterocycles. The van der Waals surface area contributed by atoms with E-state index in [9.17, 15) is 18.0 Å². The van der Waals surface area contributed by atoms with E-state index < -0.39 is 18.7 Å². The van der Waals surface area contributed by atoms with Gasteiger partial charge in [0.05, 0.1) is 0 Å². The Labute approximate surface area is 109 Å². The molecular formula is C13H16F3NO2. The first kappa shape index (κ1) is 15.5. The van der Waals surface area contributed by atoms with Crippen molar-refractivity contribution in [1.29, 1.82) is 0 Å². The number of hydrogen-bond acceptors (Lipinski definition) is 2. The SMILES string of the molecule is CCCCc1ccc(C(=O)NOCC(F)(F)F)cc1. The highest BCUT2D eigenvalue weighted by molar-refractivity contribution is 5.93. The summed E-state index contributed by atoms with van der Waals surface area (Å²) in [5.74, 6) is -0.689. The fourth-order valence-corrected chi connectivity index (χ4v) is 1.45. The van der Waals surface area contributed by atoms with Crippen molar-refractivity contribution in [2.24, 2.45) is 0 Å². The van der Waals surface area contributed by atoms with Crippen LogP contribution in [-0.4, -0.2) is 18.7 Å². The van der Waals surface area contributed by atoms with Crippen LogP contribution in [0.3, 0.4) is 0 Å². The summed E-state index contributed by atoms with van der Waals surface area (Å²) in [6.07, 6.45) is -1.41. The zero-order valence-electron chi connectivity index (χ0n) is 10.6. The molecule has 1 aromatic carbocycles. The van der Waals surface area contributed by atoms with E-state index in [2.05, 4.69) is 11.8 Å². The Morgan fingerprint density at radius 2 is 1.89 bits per heavy atom. The van der Waals surface area contributed by atoms with E-state index in [0.717, 1.165) is 24.8 Å². The normalized spacial score (nSPS) is 11.4. The Kier molecular flexibility index (Phi) is 5.82. The Morgan fingerprint density at radius 3 is 2.42 bits per heavy atom. The maximum absolute atomic E-state index is 11.8. The lowest BCUT2D eigenvalue weighted by Crippen LogP contribution is -2.29. The predicted molar refractivity (Wildman–Crippen MR) is 64.5 cm³/mol. The zero-order chi connectivity index (χ0) is 14.3. The van der Waals surface area contributed by atoms with Crippen molar-refractivity contribution in [3.05, 3.63) is 35.4 Å². The number of hydrogen-bond donors (Lipinski definition) is 1. The van der Waals surface area contributed by atoms with E-state index in [-0.39, 0.29) is 5.56 Å². The lowest BCUT2D eigenvalue weighted by atomic mass is 10.1. The van der Waals surface area contributed by atoms with Gasteiger partial charge in [-0.15, -0.1) is 0 Å². The maximum Gasteiger partial charge on any atom is 0.414 e. The first-order valence-electron chi connectivity index (χ1n) is 6.00. The van der Waals surface area contributed by atoms with Crippen molar-refractivity contribution in [1.82, 2.24) is 5.48 Å². The van der Waals surface area contributed by atoms with E-state index in [0.29, 0.717) is 0 Å². The molecule has 6 heteroatoms. The first-order valence-corrected chi connectivity index (χ1v) is 6.00. The summed E-state index contributed by atoms with van der Waals surface area (Å²) in [6.45, 7) is 0.577. The van der Waals surface area contributed by atoms with Crippen LogP contribution in [0.25, 0.3) is 0 Å². The van der Waals surface area contributed by atoms with Crippen molar-refractivity contribution in [2.45, 2.75) is 32.4 Å². The van der Waals surface area contributed by atoms with Gasteiger partial charge < -0.3 is 0 Å². The molecule has 1 aromatic rings. The summed E-state index contributed by atoms with van der Waals surface area (Å²) in [6, 6.07) is 6.71. The molecule has 0 fully saturated rings. The quantitative estimate of drug-likeness (QED) is 0.809. The lowest BCUT2D eigenvalue weighted by molar-refractivity contribution is -0.184. The van der Waals surface area contributed by atoms with Gasteiger partial charge in [-0.25, -0.2) is 5.48 Å². The number of alkyl halides is 3. The van der Waals surface area contributed by atoms with Crippen LogP contribution in [0.5, 0.6) is 0 Å². The summed E-state index contributed by atoms with van der Waals surface area (Å²) < 4.78 is 35.4. The molecular weight excluding hydrogens is 259 g/mol. The van der Waals surface area contributed by atoms with E-state index in [1.54, 1.807) is 29.7 Å². The van der Waals surface area contributed by atoms with Crippen molar-refractivity contribution in [3.8, 4) is 0 Å². The van der Waals surface area contributed by atoms with Crippen LogP contribution >= 0.6 is 0 Å². The molecule has 0 unspecified atom stereocenters. The van der Waals surface area contributed by atoms with Crippen LogP contribution in [0.4, 0.5) is 13.2 Å². The molecule has 19 heavy (non-hydrogen) atoms. The van der Waals surface area contributed by atoms with Crippen LogP contribution < -0.4 is 5.48 Å². The van der Waals surface area contributed by atoms with Gasteiger partial charge in [0.1, 0.15) is 0 Å². The highest BCUT2D eigenvalue weighted by atomic mass is 19.4. The number of benzene rings is 1. The summed E-state index contributed by atoms with van der Waals surface area (Å²) in [5, 5.41) is 0. The molecule has 3 nitrogen and oxygen atoms in total. The fourth-order valence-electron chi connectivity index (χ4n) is 1.45. The van der Waals surface area contributed by atoms with E-state index in [1.807, 2.05) is 0 Å². The van der Waals surface area contributed by atoms with Gasteiger partial charge in [0, 0.05) is 5.56 Å². The maximum atomic E-state index is 11.8. The molecule has 0 saturated heterocycles. The van der Waals surface area contributed by atoms with Gasteiger partial charge in [-0.1, -0.05) is 25.5 Å². The third-order valence-corrected chi connectivity index (χ3v) is 2.44. The standard InChI is InChI=1S/C13H16F3NO2/c1-2-3-4-10-5-7-11(8-6-10)12(18)17-19-9-13(14,15)16/h5-8H,2-4,9H2,1H3,(H,17,18). The largest absolute Gasteiger partial charge is 0.414 e. The number of aryl methyl sites for hydroxylation is 1. The second-order valence-corrected chi connectivity index (χ2v) is 4.14. The molecule has 1 rings (SSSR count). The molecule has 106 valence electrons. The average Bonchev–Trinajstić information content (AvgIpc) is 2.35. The minimum Gasteiger partial charge on any atom is -0.267 e. The number of carbonyl (C=O) groups excluding carboxylic acids is 1. The van der Waals surface area contributed by atoms with Crippen molar-refractivity contribution < 1.29 is 22.8 Å². The molecule has 0 aliphatic heterocycles. The van der Waals surface area contributed by atoms with Gasteiger partial charge in [-0.2, -0.15) is 13.2 Å². The molecule has 1 amide bonds. The van der Waals surface area contributed by atoms with Crippen LogP contribution in [0.2, 0.25) is 0 Å². The number of carbonyl (C=O) groups is 1. The number of nitrogens with one attached hydrogen (secondary N) is 1. The van der Waals surface area contributed by atoms with Gasteiger partial charge in [-0.05, 0) is 30.5 Å². The third-order valence-electron chi connectivity index (χ3n) is 2.44. The first-order chi connectivity index (χ1) is 8.92. The Bertz CT molecular complexity index is 401. The van der Waals surface area contributed by atoms with E-state index >= 15 is 0 Å². The van der Waals surface area contributed by atoms with E-state index in [1.165, 1.54) is 0 Å². The Balaban J connectivity index is 2.44. The molecule has 0 bridgehead atoms. The summed E-state index contributed by atoms with van der Waals surface area (Å²) in [5.41, 5.74) is 3.12. The Hall–Kier alpha value is -1.56. The van der Waals surface area contributed by atoms with Gasteiger partial charge >= 0.3 is 6.18 Å². The number of amides is 1. The predicted octanol–water partition coefficient (Wildman–Crippen LogP) is 3.25. The topological polar surface area (TPSA) is 38.3 Å². The number of halogens is 3. The number of rotatable bonds is 6. The summed E-state index contributed by atoms with van der Waals surface area (Å²) in [4.78, 5) is 15.5. The number of unbranched alkanes of at least 4 members (excludes halogenated alkanes) is 1. The second kappa shape index (κ2) is 7.13. The van der Waals surface area contributed by atoms with E-state index in [4.69, 9.17) is 0 Å². The van der Waals surface area contributed by atoms with Crippen molar-refractivity contribution in [3.63, 3.8) is 0 Å². The molecule has 0 aliphatic carbocycles. The fraction of sp³-hybridized carbons (Fsp3) is 0.462. The van der Waals surface area contributed by atoms with Gasteiger partial charge in [0.25, 0.3) is 5.91 Å². The van der Waals surface area contributed by atoms with Crippen LogP contribution in [0.1, 0.15) is 35.7 Å². The van der Waals surface area contributed by atoms with Gasteiger partial charge in [-0.3, -0.25) is 9.63 Å². The summed E-state index contributed by atoms with van der Waals surface area (Å²) in [7, 11) is 0. The minimum absolute atomic E-state index is 0.266. The third kappa shape index (κ3) is 6.24. The van der Waals surface area contributed by atoms with Gasteiger partial charge in [0.2, 0.25) is 0 Å². The minimum atomic E-state index is -4.46. The molecule has 1 N–H and O–H groups in total. The lowest BCUT2D eigenvalue weighted by Gasteiger charge is -2.08. The highest BCUT2D eigenvalue weighted by Crippen LogP contribution is 2.14. The monoisotopic (exact) mass is 275 g/mol. The van der Waals surface area contributed by atoms with Crippen LogP contribution in [0, 0.1) is 0 Å². The average molecular weight is 275 g/mol. The molecule has 0 aliphatic rings. The summed E-state index contributed by atoms with van der Waals surface area (Å²) >= 11 is 0. The second-order valence-electron chi connectivity index (χ2n) is 4.14. The highest BCUT2D eigenvalue weighted by Gasteiger charge is 2.28. The molecule has 0 spiro atoms. The van der Waals surface area contributed by atoms with Gasteiger partial charge in [0.15, 0.2) is 6.61 Å². The van der Waals surface area contributed by atoms with Crippen LogP contribution in [0.15, 0.2) is 24.3 Å². The smallest absolute Gasteiger partial charge is 0.267 e. The molecule has 0 heterocycles.